The molecule has 0 heterocycles. The standard InChI is InChI=1S/C14H20Cl2O/c1-5-17-12-8-10(3)14(16)11(4)13(12)9(2)6-7-15/h8-9H,5-7H2,1-4H3. The number of alkyl halides is 1. The van der Waals surface area contributed by atoms with Gasteiger partial charge in [0.15, 0.2) is 0 Å². The Labute approximate surface area is 114 Å². The van der Waals surface area contributed by atoms with E-state index in [0.717, 1.165) is 28.3 Å². The average Bonchev–Trinajstić information content (AvgIpc) is 2.27. The molecule has 1 unspecified atom stereocenters. The summed E-state index contributed by atoms with van der Waals surface area (Å²) in [5, 5.41) is 0.838. The molecule has 0 saturated heterocycles. The lowest BCUT2D eigenvalue weighted by Crippen LogP contribution is -2.05. The first kappa shape index (κ1) is 14.7. The molecule has 0 N–H and O–H groups in total. The summed E-state index contributed by atoms with van der Waals surface area (Å²) in [6.45, 7) is 8.89. The third-order valence-electron chi connectivity index (χ3n) is 3.03. The van der Waals surface area contributed by atoms with E-state index in [9.17, 15) is 0 Å². The highest BCUT2D eigenvalue weighted by Gasteiger charge is 2.18. The van der Waals surface area contributed by atoms with Crippen molar-refractivity contribution in [1.82, 2.24) is 0 Å². The molecule has 17 heavy (non-hydrogen) atoms. The van der Waals surface area contributed by atoms with Crippen molar-refractivity contribution in [3.05, 3.63) is 27.8 Å². The van der Waals surface area contributed by atoms with Crippen LogP contribution < -0.4 is 4.74 Å². The topological polar surface area (TPSA) is 9.23 Å². The molecule has 1 rings (SSSR count). The zero-order valence-corrected chi connectivity index (χ0v) is 12.5. The first-order chi connectivity index (χ1) is 8.02. The molecule has 0 aromatic heterocycles. The fourth-order valence-corrected chi connectivity index (χ4v) is 2.62. The summed E-state index contributed by atoms with van der Waals surface area (Å²) < 4.78 is 5.72. The third kappa shape index (κ3) is 3.29. The van der Waals surface area contributed by atoms with Gasteiger partial charge >= 0.3 is 0 Å². The fourth-order valence-electron chi connectivity index (χ4n) is 2.13. The zero-order valence-electron chi connectivity index (χ0n) is 10.9. The predicted octanol–water partition coefficient (Wildman–Crippen LogP) is 5.09. The first-order valence-corrected chi connectivity index (χ1v) is 6.92. The Balaban J connectivity index is 3.27. The van der Waals surface area contributed by atoms with Gasteiger partial charge in [0, 0.05) is 16.5 Å². The lowest BCUT2D eigenvalue weighted by Gasteiger charge is -2.20. The zero-order chi connectivity index (χ0) is 13.0. The monoisotopic (exact) mass is 274 g/mol. The number of ether oxygens (including phenoxy) is 1. The highest BCUT2D eigenvalue weighted by atomic mass is 35.5. The Morgan fingerprint density at radius 2 is 2.00 bits per heavy atom. The SMILES string of the molecule is CCOc1cc(C)c(Cl)c(C)c1C(C)CCCl. The van der Waals surface area contributed by atoms with Crippen LogP contribution in [0.15, 0.2) is 6.07 Å². The molecule has 0 aliphatic carbocycles. The molecule has 0 bridgehead atoms. The Kier molecular flexibility index (Phi) is 5.61. The van der Waals surface area contributed by atoms with E-state index in [4.69, 9.17) is 27.9 Å². The Bertz CT molecular complexity index is 388. The van der Waals surface area contributed by atoms with Crippen molar-refractivity contribution in [3.63, 3.8) is 0 Å². The number of halogens is 2. The summed E-state index contributed by atoms with van der Waals surface area (Å²) in [7, 11) is 0. The van der Waals surface area contributed by atoms with Gasteiger partial charge in [-0.2, -0.15) is 0 Å². The maximum Gasteiger partial charge on any atom is 0.123 e. The minimum atomic E-state index is 0.368. The van der Waals surface area contributed by atoms with Crippen LogP contribution in [0.3, 0.4) is 0 Å². The van der Waals surface area contributed by atoms with Crippen LogP contribution in [0.4, 0.5) is 0 Å². The second-order valence-electron chi connectivity index (χ2n) is 4.36. The molecule has 0 radical (unpaired) electrons. The summed E-state index contributed by atoms with van der Waals surface area (Å²) in [5.41, 5.74) is 3.38. The van der Waals surface area contributed by atoms with Gasteiger partial charge in [0.1, 0.15) is 5.75 Å². The van der Waals surface area contributed by atoms with E-state index < -0.39 is 0 Å². The Morgan fingerprint density at radius 1 is 1.35 bits per heavy atom. The van der Waals surface area contributed by atoms with Gasteiger partial charge < -0.3 is 4.74 Å². The predicted molar refractivity (Wildman–Crippen MR) is 75.8 cm³/mol. The lowest BCUT2D eigenvalue weighted by atomic mass is 9.92. The summed E-state index contributed by atoms with van der Waals surface area (Å²) in [5.74, 6) is 1.97. The number of hydrogen-bond acceptors (Lipinski definition) is 1. The van der Waals surface area contributed by atoms with Crippen molar-refractivity contribution < 1.29 is 4.74 Å². The smallest absolute Gasteiger partial charge is 0.123 e. The minimum Gasteiger partial charge on any atom is -0.494 e. The van der Waals surface area contributed by atoms with E-state index in [-0.39, 0.29) is 0 Å². The second-order valence-corrected chi connectivity index (χ2v) is 5.11. The molecular formula is C14H20Cl2O. The van der Waals surface area contributed by atoms with Crippen LogP contribution in [0.1, 0.15) is 42.9 Å². The summed E-state index contributed by atoms with van der Waals surface area (Å²) >= 11 is 12.1. The van der Waals surface area contributed by atoms with Crippen LogP contribution in [0.5, 0.6) is 5.75 Å². The fraction of sp³-hybridized carbons (Fsp3) is 0.571. The number of benzene rings is 1. The van der Waals surface area contributed by atoms with Crippen LogP contribution in [0.2, 0.25) is 5.02 Å². The van der Waals surface area contributed by atoms with Crippen molar-refractivity contribution in [3.8, 4) is 5.75 Å². The van der Waals surface area contributed by atoms with E-state index in [2.05, 4.69) is 13.8 Å². The maximum atomic E-state index is 6.31. The van der Waals surface area contributed by atoms with Gasteiger partial charge in [0.2, 0.25) is 0 Å². The van der Waals surface area contributed by atoms with E-state index in [1.54, 1.807) is 0 Å². The Hall–Kier alpha value is -0.400. The van der Waals surface area contributed by atoms with E-state index in [0.29, 0.717) is 18.4 Å². The molecular weight excluding hydrogens is 255 g/mol. The molecule has 0 fully saturated rings. The van der Waals surface area contributed by atoms with Crippen LogP contribution >= 0.6 is 23.2 Å². The van der Waals surface area contributed by atoms with Gasteiger partial charge in [-0.3, -0.25) is 0 Å². The Morgan fingerprint density at radius 3 is 2.53 bits per heavy atom. The molecule has 3 heteroatoms. The van der Waals surface area contributed by atoms with Crippen LogP contribution in [0, 0.1) is 13.8 Å². The van der Waals surface area contributed by atoms with Gasteiger partial charge in [0.05, 0.1) is 6.61 Å². The van der Waals surface area contributed by atoms with E-state index >= 15 is 0 Å². The maximum absolute atomic E-state index is 6.31. The molecule has 0 spiro atoms. The van der Waals surface area contributed by atoms with Gasteiger partial charge in [-0.25, -0.2) is 0 Å². The van der Waals surface area contributed by atoms with Gasteiger partial charge in [0.25, 0.3) is 0 Å². The van der Waals surface area contributed by atoms with Crippen LogP contribution in [-0.4, -0.2) is 12.5 Å². The molecule has 1 nitrogen and oxygen atoms in total. The highest BCUT2D eigenvalue weighted by molar-refractivity contribution is 6.32. The molecule has 96 valence electrons. The quantitative estimate of drug-likeness (QED) is 0.680. The van der Waals surface area contributed by atoms with Crippen LogP contribution in [-0.2, 0) is 0 Å². The number of aryl methyl sites for hydroxylation is 1. The van der Waals surface area contributed by atoms with Gasteiger partial charge in [-0.15, -0.1) is 11.6 Å². The molecule has 0 aliphatic heterocycles. The number of rotatable bonds is 5. The van der Waals surface area contributed by atoms with E-state index in [1.807, 2.05) is 19.9 Å². The molecule has 1 atom stereocenters. The summed E-state index contributed by atoms with van der Waals surface area (Å²) in [4.78, 5) is 0. The van der Waals surface area contributed by atoms with E-state index in [1.165, 1.54) is 5.56 Å². The molecule has 0 saturated carbocycles. The third-order valence-corrected chi connectivity index (χ3v) is 3.83. The number of hydrogen-bond donors (Lipinski definition) is 0. The first-order valence-electron chi connectivity index (χ1n) is 6.01. The highest BCUT2D eigenvalue weighted by Crippen LogP contribution is 2.37. The normalized spacial score (nSPS) is 12.6. The second kappa shape index (κ2) is 6.51. The molecule has 0 aliphatic rings. The van der Waals surface area contributed by atoms with Crippen molar-refractivity contribution >= 4 is 23.2 Å². The molecule has 0 amide bonds. The van der Waals surface area contributed by atoms with Crippen molar-refractivity contribution in [2.75, 3.05) is 12.5 Å². The lowest BCUT2D eigenvalue weighted by molar-refractivity contribution is 0.333. The molecule has 1 aromatic carbocycles. The van der Waals surface area contributed by atoms with Crippen molar-refractivity contribution in [1.29, 1.82) is 0 Å². The largest absolute Gasteiger partial charge is 0.494 e. The summed E-state index contributed by atoms with van der Waals surface area (Å²) in [6.07, 6.45) is 0.932. The molecule has 1 aromatic rings. The van der Waals surface area contributed by atoms with Crippen molar-refractivity contribution in [2.24, 2.45) is 0 Å². The van der Waals surface area contributed by atoms with Gasteiger partial charge in [-0.05, 0) is 50.3 Å². The summed E-state index contributed by atoms with van der Waals surface area (Å²) in [6, 6.07) is 2.03. The van der Waals surface area contributed by atoms with Crippen molar-refractivity contribution in [2.45, 2.75) is 40.0 Å². The minimum absolute atomic E-state index is 0.368. The average molecular weight is 275 g/mol. The van der Waals surface area contributed by atoms with Crippen LogP contribution in [0.25, 0.3) is 0 Å². The van der Waals surface area contributed by atoms with Gasteiger partial charge in [-0.1, -0.05) is 18.5 Å².